The Morgan fingerprint density at radius 1 is 0.903 bits per heavy atom. The number of hydrogen-bond donors (Lipinski definition) is 1. The van der Waals surface area contributed by atoms with E-state index in [-0.39, 0.29) is 24.8 Å². The molecule has 0 saturated heterocycles. The van der Waals surface area contributed by atoms with Crippen LogP contribution in [-0.4, -0.2) is 29.8 Å². The molecule has 4 nitrogen and oxygen atoms in total. The molecule has 31 heavy (non-hydrogen) atoms. The van der Waals surface area contributed by atoms with Crippen LogP contribution in [0.3, 0.4) is 0 Å². The standard InChI is InChI=1S/C26H27ClN2O2/c1-19-10-6-7-13-21(19)17-25(30)29(18-22-14-8-9-15-23(22)27)24(26(31)28-2)16-20-11-4-3-5-12-20/h3-15,24H,16-18H2,1-2H3,(H,28,31)/t24-/m0/s1. The van der Waals surface area contributed by atoms with E-state index in [1.807, 2.05) is 79.7 Å². The van der Waals surface area contributed by atoms with Gasteiger partial charge in [0.25, 0.3) is 0 Å². The highest BCUT2D eigenvalue weighted by molar-refractivity contribution is 6.31. The minimum Gasteiger partial charge on any atom is -0.357 e. The molecule has 0 aromatic heterocycles. The van der Waals surface area contributed by atoms with Crippen molar-refractivity contribution in [2.45, 2.75) is 32.4 Å². The molecule has 0 aliphatic heterocycles. The number of nitrogens with one attached hydrogen (secondary N) is 1. The summed E-state index contributed by atoms with van der Waals surface area (Å²) in [5, 5.41) is 3.31. The minimum absolute atomic E-state index is 0.112. The molecule has 3 aromatic carbocycles. The average Bonchev–Trinajstić information content (AvgIpc) is 2.79. The number of carbonyl (C=O) groups is 2. The summed E-state index contributed by atoms with van der Waals surface area (Å²) in [4.78, 5) is 28.1. The Morgan fingerprint density at radius 3 is 2.16 bits per heavy atom. The molecule has 0 aliphatic rings. The SMILES string of the molecule is CNC(=O)[C@H](Cc1ccccc1)N(Cc1ccccc1Cl)C(=O)Cc1ccccc1C. The zero-order valence-corrected chi connectivity index (χ0v) is 18.6. The summed E-state index contributed by atoms with van der Waals surface area (Å²) >= 11 is 6.40. The molecule has 3 aromatic rings. The van der Waals surface area contributed by atoms with Gasteiger partial charge < -0.3 is 10.2 Å². The Labute approximate surface area is 188 Å². The molecule has 2 amide bonds. The number of likely N-dealkylation sites (N-methyl/N-ethyl adjacent to an activating group) is 1. The minimum atomic E-state index is -0.653. The number of benzene rings is 3. The van der Waals surface area contributed by atoms with Crippen LogP contribution < -0.4 is 5.32 Å². The van der Waals surface area contributed by atoms with Crippen LogP contribution in [-0.2, 0) is 29.0 Å². The van der Waals surface area contributed by atoms with Crippen LogP contribution in [0.25, 0.3) is 0 Å². The van der Waals surface area contributed by atoms with Gasteiger partial charge in [-0.3, -0.25) is 9.59 Å². The van der Waals surface area contributed by atoms with Gasteiger partial charge in [0.1, 0.15) is 6.04 Å². The topological polar surface area (TPSA) is 49.4 Å². The third kappa shape index (κ3) is 5.96. The van der Waals surface area contributed by atoms with Gasteiger partial charge in [0, 0.05) is 25.0 Å². The molecule has 0 radical (unpaired) electrons. The second-order valence-corrected chi connectivity index (χ2v) is 7.94. The van der Waals surface area contributed by atoms with Crippen LogP contribution in [0, 0.1) is 6.92 Å². The largest absolute Gasteiger partial charge is 0.357 e. The molecule has 0 spiro atoms. The summed E-state index contributed by atoms with van der Waals surface area (Å²) in [6.45, 7) is 2.25. The predicted octanol–water partition coefficient (Wildman–Crippen LogP) is 4.58. The van der Waals surface area contributed by atoms with Crippen LogP contribution in [0.1, 0.15) is 22.3 Å². The highest BCUT2D eigenvalue weighted by Crippen LogP contribution is 2.21. The van der Waals surface area contributed by atoms with Crippen molar-refractivity contribution < 1.29 is 9.59 Å². The van der Waals surface area contributed by atoms with Crippen LogP contribution >= 0.6 is 11.6 Å². The molecule has 3 rings (SSSR count). The Balaban J connectivity index is 1.97. The van der Waals surface area contributed by atoms with Gasteiger partial charge in [-0.25, -0.2) is 0 Å². The first kappa shape index (κ1) is 22.6. The lowest BCUT2D eigenvalue weighted by molar-refractivity contribution is -0.140. The van der Waals surface area contributed by atoms with Crippen molar-refractivity contribution in [1.29, 1.82) is 0 Å². The second-order valence-electron chi connectivity index (χ2n) is 7.54. The van der Waals surface area contributed by atoms with Gasteiger partial charge >= 0.3 is 0 Å². The van der Waals surface area contributed by atoms with Gasteiger partial charge in [-0.1, -0.05) is 84.4 Å². The van der Waals surface area contributed by atoms with Gasteiger partial charge in [0.15, 0.2) is 0 Å². The van der Waals surface area contributed by atoms with Gasteiger partial charge in [0.2, 0.25) is 11.8 Å². The fraction of sp³-hybridized carbons (Fsp3) is 0.231. The van der Waals surface area contributed by atoms with Gasteiger partial charge in [-0.15, -0.1) is 0 Å². The van der Waals surface area contributed by atoms with E-state index in [9.17, 15) is 9.59 Å². The van der Waals surface area contributed by atoms with Crippen molar-refractivity contribution >= 4 is 23.4 Å². The number of nitrogens with zero attached hydrogens (tertiary/aromatic N) is 1. The smallest absolute Gasteiger partial charge is 0.242 e. The fourth-order valence-electron chi connectivity index (χ4n) is 3.60. The molecular weight excluding hydrogens is 408 g/mol. The first-order chi connectivity index (χ1) is 15.0. The number of aryl methyl sites for hydroxylation is 1. The van der Waals surface area contributed by atoms with Crippen molar-refractivity contribution in [2.24, 2.45) is 0 Å². The van der Waals surface area contributed by atoms with Gasteiger partial charge in [0.05, 0.1) is 6.42 Å². The first-order valence-corrected chi connectivity index (χ1v) is 10.7. The molecule has 1 N–H and O–H groups in total. The van der Waals surface area contributed by atoms with Gasteiger partial charge in [-0.05, 0) is 35.2 Å². The highest BCUT2D eigenvalue weighted by Gasteiger charge is 2.30. The maximum Gasteiger partial charge on any atom is 0.242 e. The Kier molecular flexibility index (Phi) is 7.85. The van der Waals surface area contributed by atoms with Crippen LogP contribution in [0.2, 0.25) is 5.02 Å². The van der Waals surface area contributed by atoms with Gasteiger partial charge in [-0.2, -0.15) is 0 Å². The number of amides is 2. The normalized spacial score (nSPS) is 11.6. The summed E-state index contributed by atoms with van der Waals surface area (Å²) in [6, 6.07) is 24.3. The fourth-order valence-corrected chi connectivity index (χ4v) is 3.80. The maximum absolute atomic E-state index is 13.5. The zero-order valence-electron chi connectivity index (χ0n) is 17.8. The molecule has 160 valence electrons. The van der Waals surface area contributed by atoms with Crippen molar-refractivity contribution in [2.75, 3.05) is 7.05 Å². The highest BCUT2D eigenvalue weighted by atomic mass is 35.5. The van der Waals surface area contributed by atoms with Crippen LogP contribution in [0.15, 0.2) is 78.9 Å². The van der Waals surface area contributed by atoms with Crippen molar-refractivity contribution in [3.63, 3.8) is 0 Å². The quantitative estimate of drug-likeness (QED) is 0.564. The molecule has 0 fully saturated rings. The number of rotatable bonds is 8. The second kappa shape index (κ2) is 10.8. The van der Waals surface area contributed by atoms with E-state index in [0.29, 0.717) is 11.4 Å². The molecular formula is C26H27ClN2O2. The lowest BCUT2D eigenvalue weighted by Gasteiger charge is -2.31. The summed E-state index contributed by atoms with van der Waals surface area (Å²) in [5.74, 6) is -0.312. The van der Waals surface area contributed by atoms with Crippen molar-refractivity contribution in [1.82, 2.24) is 10.2 Å². The predicted molar refractivity (Wildman–Crippen MR) is 125 cm³/mol. The average molecular weight is 435 g/mol. The summed E-state index contributed by atoms with van der Waals surface area (Å²) in [7, 11) is 1.60. The van der Waals surface area contributed by atoms with Crippen molar-refractivity contribution in [3.05, 3.63) is 106 Å². The monoisotopic (exact) mass is 434 g/mol. The van der Waals surface area contributed by atoms with E-state index in [1.54, 1.807) is 18.0 Å². The summed E-state index contributed by atoms with van der Waals surface area (Å²) in [5.41, 5.74) is 3.80. The third-order valence-corrected chi connectivity index (χ3v) is 5.79. The molecule has 0 aliphatic carbocycles. The molecule has 1 atom stereocenters. The Hall–Kier alpha value is -3.11. The lowest BCUT2D eigenvalue weighted by Crippen LogP contribution is -2.50. The number of carbonyl (C=O) groups excluding carboxylic acids is 2. The Bertz CT molecular complexity index is 1040. The van der Waals surface area contributed by atoms with E-state index in [4.69, 9.17) is 11.6 Å². The van der Waals surface area contributed by atoms with E-state index in [2.05, 4.69) is 5.32 Å². The maximum atomic E-state index is 13.5. The molecule has 5 heteroatoms. The first-order valence-electron chi connectivity index (χ1n) is 10.3. The summed E-state index contributed by atoms with van der Waals surface area (Å²) in [6.07, 6.45) is 0.643. The van der Waals surface area contributed by atoms with E-state index >= 15 is 0 Å². The van der Waals surface area contributed by atoms with E-state index < -0.39 is 6.04 Å². The van der Waals surface area contributed by atoms with Crippen LogP contribution in [0.4, 0.5) is 0 Å². The molecule has 0 saturated carbocycles. The Morgan fingerprint density at radius 2 is 1.52 bits per heavy atom. The number of halogens is 1. The van der Waals surface area contributed by atoms with Crippen molar-refractivity contribution in [3.8, 4) is 0 Å². The number of hydrogen-bond acceptors (Lipinski definition) is 2. The molecule has 0 heterocycles. The lowest BCUT2D eigenvalue weighted by atomic mass is 10.0. The molecule has 0 bridgehead atoms. The van der Waals surface area contributed by atoms with E-state index in [0.717, 1.165) is 22.3 Å². The van der Waals surface area contributed by atoms with E-state index in [1.165, 1.54) is 0 Å². The third-order valence-electron chi connectivity index (χ3n) is 5.42. The summed E-state index contributed by atoms with van der Waals surface area (Å²) < 4.78 is 0. The zero-order chi connectivity index (χ0) is 22.2. The van der Waals surface area contributed by atoms with Crippen LogP contribution in [0.5, 0.6) is 0 Å². The molecule has 0 unspecified atom stereocenters.